The highest BCUT2D eigenvalue weighted by molar-refractivity contribution is 9.09. The molecule has 0 unspecified atom stereocenters. The minimum absolute atomic E-state index is 0.0229. The lowest BCUT2D eigenvalue weighted by molar-refractivity contribution is -0.144. The standard InChI is InChI=1S/C33H49BrN4O4S/c1-20(22-10-12-23(13-11-22)27-21(2)35-19-43-27)36-29(41)25-14-24(39)16-38(25)30(42)28(31(3,4)5)37-26(40)15-32(6,7)17-33(8,9)18-34/h10-13,19-20,24-25,28,39H,14-18H2,1-9H3,(H,36,41)(H,37,40)/t20-,24+,25-,28+/m0/s1. The Bertz CT molecular complexity index is 1280. The summed E-state index contributed by atoms with van der Waals surface area (Å²) in [6, 6.07) is 6.03. The van der Waals surface area contributed by atoms with Gasteiger partial charge in [-0.15, -0.1) is 11.3 Å². The number of halogens is 1. The van der Waals surface area contributed by atoms with Gasteiger partial charge in [-0.1, -0.05) is 88.7 Å². The van der Waals surface area contributed by atoms with Gasteiger partial charge in [0.15, 0.2) is 0 Å². The lowest BCUT2D eigenvalue weighted by Crippen LogP contribution is -2.58. The first-order valence-corrected chi connectivity index (χ1v) is 17.0. The average molecular weight is 678 g/mol. The number of amides is 3. The Balaban J connectivity index is 1.71. The van der Waals surface area contributed by atoms with E-state index in [4.69, 9.17) is 0 Å². The van der Waals surface area contributed by atoms with Crippen LogP contribution in [0.3, 0.4) is 0 Å². The summed E-state index contributed by atoms with van der Waals surface area (Å²) in [7, 11) is 0. The molecule has 4 atom stereocenters. The number of β-amino-alcohol motifs (C(OH)–C–C–N with tert-alkyl or cyclic N) is 1. The quantitative estimate of drug-likeness (QED) is 0.252. The van der Waals surface area contributed by atoms with Crippen LogP contribution in [0.4, 0.5) is 0 Å². The number of rotatable bonds is 11. The molecule has 1 aliphatic heterocycles. The SMILES string of the molecule is Cc1ncsc1-c1ccc([C@H](C)NC(=O)[C@@H]2C[C@@H](O)CN2C(=O)[C@@H](NC(=O)CC(C)(C)CC(C)(C)CBr)C(C)(C)C)cc1. The summed E-state index contributed by atoms with van der Waals surface area (Å²) in [5.74, 6) is -0.875. The number of aromatic nitrogens is 1. The van der Waals surface area contributed by atoms with E-state index in [-0.39, 0.29) is 54.0 Å². The number of aliphatic hydroxyl groups excluding tert-OH is 1. The summed E-state index contributed by atoms with van der Waals surface area (Å²) in [6.07, 6.45) is 0.431. The van der Waals surface area contributed by atoms with Crippen molar-refractivity contribution >= 4 is 45.0 Å². The highest BCUT2D eigenvalue weighted by atomic mass is 79.9. The van der Waals surface area contributed by atoms with Gasteiger partial charge in [-0.3, -0.25) is 14.4 Å². The fourth-order valence-corrected chi connectivity index (χ4v) is 7.08. The number of carbonyl (C=O) groups is 3. The maximum atomic E-state index is 14.0. The van der Waals surface area contributed by atoms with Gasteiger partial charge in [-0.05, 0) is 47.6 Å². The van der Waals surface area contributed by atoms with Gasteiger partial charge in [-0.25, -0.2) is 4.98 Å². The molecule has 238 valence electrons. The van der Waals surface area contributed by atoms with Crippen LogP contribution in [0, 0.1) is 23.2 Å². The third kappa shape index (κ3) is 9.35. The van der Waals surface area contributed by atoms with Gasteiger partial charge in [0.25, 0.3) is 0 Å². The van der Waals surface area contributed by atoms with Crippen molar-refractivity contribution in [2.45, 2.75) is 106 Å². The number of nitrogens with one attached hydrogen (secondary N) is 2. The largest absolute Gasteiger partial charge is 0.391 e. The number of thiazole rings is 1. The molecule has 8 nitrogen and oxygen atoms in total. The summed E-state index contributed by atoms with van der Waals surface area (Å²) in [4.78, 5) is 47.7. The van der Waals surface area contributed by atoms with E-state index < -0.39 is 23.6 Å². The van der Waals surface area contributed by atoms with Crippen molar-refractivity contribution < 1.29 is 19.5 Å². The zero-order valence-electron chi connectivity index (χ0n) is 27.1. The summed E-state index contributed by atoms with van der Waals surface area (Å²) >= 11 is 5.16. The van der Waals surface area contributed by atoms with Crippen LogP contribution in [0.25, 0.3) is 10.4 Å². The van der Waals surface area contributed by atoms with Crippen LogP contribution in [0.1, 0.15) is 92.0 Å². The van der Waals surface area contributed by atoms with Crippen molar-refractivity contribution in [2.24, 2.45) is 16.2 Å². The normalized spacial score (nSPS) is 19.2. The number of nitrogens with zero attached hydrogens (tertiary/aromatic N) is 2. The first-order chi connectivity index (χ1) is 19.8. The van der Waals surface area contributed by atoms with E-state index in [0.717, 1.165) is 33.4 Å². The van der Waals surface area contributed by atoms with Gasteiger partial charge >= 0.3 is 0 Å². The number of hydrogen-bond acceptors (Lipinski definition) is 6. The summed E-state index contributed by atoms with van der Waals surface area (Å²) in [6.45, 7) is 18.1. The Morgan fingerprint density at radius 2 is 1.70 bits per heavy atom. The molecule has 3 amide bonds. The van der Waals surface area contributed by atoms with Gasteiger partial charge in [-0.2, -0.15) is 0 Å². The minimum atomic E-state index is -0.847. The van der Waals surface area contributed by atoms with Crippen LogP contribution < -0.4 is 10.6 Å². The van der Waals surface area contributed by atoms with Gasteiger partial charge < -0.3 is 20.6 Å². The number of aryl methyl sites for hydroxylation is 1. The predicted octanol–water partition coefficient (Wildman–Crippen LogP) is 6.02. The molecule has 0 saturated carbocycles. The topological polar surface area (TPSA) is 112 Å². The molecule has 0 aliphatic carbocycles. The van der Waals surface area contributed by atoms with E-state index in [1.807, 2.05) is 64.4 Å². The highest BCUT2D eigenvalue weighted by Gasteiger charge is 2.45. The summed E-state index contributed by atoms with van der Waals surface area (Å²) in [5.41, 5.74) is 3.96. The third-order valence-electron chi connectivity index (χ3n) is 8.02. The molecule has 1 aromatic carbocycles. The average Bonchev–Trinajstić information content (AvgIpc) is 3.50. The molecule has 1 aromatic heterocycles. The minimum Gasteiger partial charge on any atom is -0.391 e. The molecular formula is C33H49BrN4O4S. The van der Waals surface area contributed by atoms with Crippen molar-refractivity contribution in [2.75, 3.05) is 11.9 Å². The second-order valence-electron chi connectivity index (χ2n) is 14.7. The molecule has 1 fully saturated rings. The van der Waals surface area contributed by atoms with Gasteiger partial charge in [0.2, 0.25) is 17.7 Å². The van der Waals surface area contributed by atoms with Crippen LogP contribution in [0.15, 0.2) is 29.8 Å². The lowest BCUT2D eigenvalue weighted by atomic mass is 9.74. The first-order valence-electron chi connectivity index (χ1n) is 15.0. The van der Waals surface area contributed by atoms with Gasteiger partial charge in [0, 0.05) is 24.7 Å². The number of aliphatic hydroxyl groups is 1. The Morgan fingerprint density at radius 3 is 2.23 bits per heavy atom. The second kappa shape index (κ2) is 13.8. The Hall–Kier alpha value is -2.30. The molecule has 3 N–H and O–H groups in total. The van der Waals surface area contributed by atoms with Crippen molar-refractivity contribution in [3.63, 3.8) is 0 Å². The molecular weight excluding hydrogens is 628 g/mol. The number of likely N-dealkylation sites (tertiary alicyclic amines) is 1. The third-order valence-corrected chi connectivity index (χ3v) is 10.5. The van der Waals surface area contributed by atoms with Crippen LogP contribution >= 0.6 is 27.3 Å². The number of alkyl halides is 1. The molecule has 1 saturated heterocycles. The summed E-state index contributed by atoms with van der Waals surface area (Å²) < 4.78 is 0. The van der Waals surface area contributed by atoms with Crippen molar-refractivity contribution in [1.29, 1.82) is 0 Å². The van der Waals surface area contributed by atoms with E-state index in [0.29, 0.717) is 0 Å². The number of hydrogen-bond donors (Lipinski definition) is 3. The first kappa shape index (κ1) is 35.2. The van der Waals surface area contributed by atoms with E-state index in [1.165, 1.54) is 4.90 Å². The smallest absolute Gasteiger partial charge is 0.246 e. The molecule has 1 aliphatic rings. The zero-order chi connectivity index (χ0) is 32.3. The predicted molar refractivity (Wildman–Crippen MR) is 177 cm³/mol. The molecule has 2 heterocycles. The monoisotopic (exact) mass is 676 g/mol. The molecule has 3 rings (SSSR count). The molecule has 2 aromatic rings. The zero-order valence-corrected chi connectivity index (χ0v) is 29.5. The maximum absolute atomic E-state index is 14.0. The molecule has 0 radical (unpaired) electrons. The van der Waals surface area contributed by atoms with E-state index in [9.17, 15) is 19.5 Å². The fourth-order valence-electron chi connectivity index (χ4n) is 6.07. The molecule has 10 heteroatoms. The van der Waals surface area contributed by atoms with E-state index in [2.05, 4.69) is 59.2 Å². The fraction of sp³-hybridized carbons (Fsp3) is 0.636. The van der Waals surface area contributed by atoms with E-state index in [1.54, 1.807) is 11.3 Å². The Labute approximate surface area is 269 Å². The number of benzene rings is 1. The second-order valence-corrected chi connectivity index (χ2v) is 16.1. The highest BCUT2D eigenvalue weighted by Crippen LogP contribution is 2.37. The Morgan fingerprint density at radius 1 is 1.07 bits per heavy atom. The van der Waals surface area contributed by atoms with Crippen LogP contribution in [0.2, 0.25) is 0 Å². The molecule has 0 spiro atoms. The van der Waals surface area contributed by atoms with Crippen molar-refractivity contribution in [3.05, 3.63) is 41.0 Å². The molecule has 43 heavy (non-hydrogen) atoms. The van der Waals surface area contributed by atoms with Crippen LogP contribution in [0.5, 0.6) is 0 Å². The Kier molecular flexibility index (Phi) is 11.3. The molecule has 0 bridgehead atoms. The van der Waals surface area contributed by atoms with E-state index >= 15 is 0 Å². The number of carbonyl (C=O) groups excluding carboxylic acids is 3. The van der Waals surface area contributed by atoms with Gasteiger partial charge in [0.05, 0.1) is 28.2 Å². The summed E-state index contributed by atoms with van der Waals surface area (Å²) in [5, 5.41) is 17.4. The van der Waals surface area contributed by atoms with Gasteiger partial charge in [0.1, 0.15) is 12.1 Å². The lowest BCUT2D eigenvalue weighted by Gasteiger charge is -2.37. The maximum Gasteiger partial charge on any atom is 0.246 e. The van der Waals surface area contributed by atoms with Crippen LogP contribution in [-0.4, -0.2) is 62.8 Å². The van der Waals surface area contributed by atoms with Crippen molar-refractivity contribution in [3.8, 4) is 10.4 Å². The van der Waals surface area contributed by atoms with Crippen LogP contribution in [-0.2, 0) is 14.4 Å². The van der Waals surface area contributed by atoms with Crippen molar-refractivity contribution in [1.82, 2.24) is 20.5 Å².